The van der Waals surface area contributed by atoms with Crippen molar-refractivity contribution in [2.24, 2.45) is 0 Å². The minimum Gasteiger partial charge on any atom is -0.495 e. The van der Waals surface area contributed by atoms with E-state index in [9.17, 15) is 13.2 Å². The molecule has 2 aromatic carbocycles. The number of carbonyl (C=O) groups excluding carboxylic acids is 1. The highest BCUT2D eigenvalue weighted by Crippen LogP contribution is 2.28. The summed E-state index contributed by atoms with van der Waals surface area (Å²) >= 11 is 6.01. The second-order valence-corrected chi connectivity index (χ2v) is 9.38. The molecule has 0 aromatic heterocycles. The van der Waals surface area contributed by atoms with Crippen LogP contribution in [0, 0.1) is 0 Å². The number of ether oxygens (including phenoxy) is 1. The Hall–Kier alpha value is -2.09. The molecule has 3 rings (SSSR count). The van der Waals surface area contributed by atoms with Crippen LogP contribution in [-0.2, 0) is 16.6 Å². The van der Waals surface area contributed by atoms with E-state index in [1.165, 1.54) is 24.1 Å². The number of nitrogens with one attached hydrogen (secondary N) is 1. The highest BCUT2D eigenvalue weighted by molar-refractivity contribution is 7.89. The predicted octanol–water partition coefficient (Wildman–Crippen LogP) is 3.84. The van der Waals surface area contributed by atoms with E-state index in [0.29, 0.717) is 11.6 Å². The zero-order valence-corrected chi connectivity index (χ0v) is 18.1. The van der Waals surface area contributed by atoms with Gasteiger partial charge in [-0.1, -0.05) is 36.6 Å². The van der Waals surface area contributed by atoms with Gasteiger partial charge in [0.25, 0.3) is 5.91 Å². The minimum atomic E-state index is -3.80. The van der Waals surface area contributed by atoms with Gasteiger partial charge in [-0.3, -0.25) is 4.79 Å². The molecule has 0 unspecified atom stereocenters. The Kier molecular flexibility index (Phi) is 6.82. The van der Waals surface area contributed by atoms with Gasteiger partial charge >= 0.3 is 0 Å². The van der Waals surface area contributed by atoms with Gasteiger partial charge in [0.05, 0.1) is 7.11 Å². The molecule has 0 heterocycles. The molecule has 0 saturated heterocycles. The van der Waals surface area contributed by atoms with E-state index >= 15 is 0 Å². The summed E-state index contributed by atoms with van der Waals surface area (Å²) in [5, 5.41) is 0.596. The smallest absolute Gasteiger partial charge is 0.253 e. The maximum Gasteiger partial charge on any atom is 0.253 e. The van der Waals surface area contributed by atoms with Gasteiger partial charge in [-0.05, 0) is 48.7 Å². The van der Waals surface area contributed by atoms with Crippen molar-refractivity contribution in [1.29, 1.82) is 0 Å². The van der Waals surface area contributed by atoms with Crippen molar-refractivity contribution in [3.63, 3.8) is 0 Å². The lowest BCUT2D eigenvalue weighted by Crippen LogP contribution is -2.33. The van der Waals surface area contributed by atoms with Gasteiger partial charge in [0.15, 0.2) is 0 Å². The molecule has 1 saturated carbocycles. The van der Waals surface area contributed by atoms with E-state index in [2.05, 4.69) is 4.72 Å². The molecular weight excluding hydrogens is 412 g/mol. The monoisotopic (exact) mass is 436 g/mol. The van der Waals surface area contributed by atoms with Gasteiger partial charge in [-0.25, -0.2) is 13.1 Å². The van der Waals surface area contributed by atoms with Gasteiger partial charge in [-0.15, -0.1) is 0 Å². The second-order valence-electron chi connectivity index (χ2n) is 7.26. The molecule has 0 spiro atoms. The van der Waals surface area contributed by atoms with E-state index < -0.39 is 10.0 Å². The number of sulfonamides is 1. The number of hydrogen-bond acceptors (Lipinski definition) is 4. The normalized spacial score (nSPS) is 14.7. The maximum absolute atomic E-state index is 12.9. The lowest BCUT2D eigenvalue weighted by Gasteiger charge is -2.19. The molecular formula is C21H25ClN2O4S. The summed E-state index contributed by atoms with van der Waals surface area (Å²) in [4.78, 5) is 14.4. The Labute approximate surface area is 176 Å². The predicted molar refractivity (Wildman–Crippen MR) is 113 cm³/mol. The van der Waals surface area contributed by atoms with Crippen LogP contribution in [0.2, 0.25) is 5.02 Å². The largest absolute Gasteiger partial charge is 0.495 e. The SMILES string of the molecule is COc1ccc(C(=O)N(C)Cc2cccc(Cl)c2)cc1S(=O)(=O)NC1CCCC1. The Bertz CT molecular complexity index is 988. The fraction of sp³-hybridized carbons (Fsp3) is 0.381. The Morgan fingerprint density at radius 3 is 2.59 bits per heavy atom. The molecule has 0 radical (unpaired) electrons. The van der Waals surface area contributed by atoms with Crippen molar-refractivity contribution in [3.8, 4) is 5.75 Å². The third-order valence-electron chi connectivity index (χ3n) is 5.03. The Morgan fingerprint density at radius 1 is 1.21 bits per heavy atom. The minimum absolute atomic E-state index is 0.0195. The van der Waals surface area contributed by atoms with Crippen LogP contribution in [0.4, 0.5) is 0 Å². The first kappa shape index (κ1) is 21.6. The molecule has 8 heteroatoms. The third-order valence-corrected chi connectivity index (χ3v) is 6.81. The first-order chi connectivity index (χ1) is 13.8. The van der Waals surface area contributed by atoms with Crippen molar-refractivity contribution in [1.82, 2.24) is 9.62 Å². The summed E-state index contributed by atoms with van der Waals surface area (Å²) in [6.45, 7) is 0.355. The lowest BCUT2D eigenvalue weighted by molar-refractivity contribution is 0.0785. The van der Waals surface area contributed by atoms with E-state index in [4.69, 9.17) is 16.3 Å². The number of rotatable bonds is 7. The molecule has 0 aliphatic heterocycles. The molecule has 29 heavy (non-hydrogen) atoms. The molecule has 1 N–H and O–H groups in total. The zero-order chi connectivity index (χ0) is 21.0. The summed E-state index contributed by atoms with van der Waals surface area (Å²) < 4.78 is 33.8. The van der Waals surface area contributed by atoms with Crippen LogP contribution in [0.1, 0.15) is 41.6 Å². The van der Waals surface area contributed by atoms with E-state index in [1.807, 2.05) is 12.1 Å². The molecule has 0 atom stereocenters. The highest BCUT2D eigenvalue weighted by atomic mass is 35.5. The van der Waals surface area contributed by atoms with Gasteiger partial charge in [0.1, 0.15) is 10.6 Å². The number of hydrogen-bond donors (Lipinski definition) is 1. The van der Waals surface area contributed by atoms with Crippen molar-refractivity contribution in [2.75, 3.05) is 14.2 Å². The standard InChI is InChI=1S/C21H25ClN2O4S/c1-24(14-15-6-5-7-17(22)12-15)21(25)16-10-11-19(28-2)20(13-16)29(26,27)23-18-8-3-4-9-18/h5-7,10-13,18,23H,3-4,8-9,14H2,1-2H3. The Balaban J connectivity index is 1.84. The van der Waals surface area contributed by atoms with Crippen LogP contribution < -0.4 is 9.46 Å². The van der Waals surface area contributed by atoms with Crippen molar-refractivity contribution >= 4 is 27.5 Å². The molecule has 6 nitrogen and oxygen atoms in total. The van der Waals surface area contributed by atoms with Crippen LogP contribution in [0.15, 0.2) is 47.4 Å². The lowest BCUT2D eigenvalue weighted by atomic mass is 10.1. The van der Waals surface area contributed by atoms with Gasteiger partial charge in [-0.2, -0.15) is 0 Å². The quantitative estimate of drug-likeness (QED) is 0.715. The van der Waals surface area contributed by atoms with Gasteiger partial charge < -0.3 is 9.64 Å². The number of carbonyl (C=O) groups is 1. The summed E-state index contributed by atoms with van der Waals surface area (Å²) in [7, 11) is -0.717. The number of amides is 1. The van der Waals surface area contributed by atoms with Crippen LogP contribution in [0.3, 0.4) is 0 Å². The topological polar surface area (TPSA) is 75.7 Å². The van der Waals surface area contributed by atoms with Crippen molar-refractivity contribution in [3.05, 3.63) is 58.6 Å². The average molecular weight is 437 g/mol. The Morgan fingerprint density at radius 2 is 1.93 bits per heavy atom. The number of methoxy groups -OCH3 is 1. The second kappa shape index (κ2) is 9.15. The molecule has 0 bridgehead atoms. The van der Waals surface area contributed by atoms with Crippen molar-refractivity contribution < 1.29 is 17.9 Å². The van der Waals surface area contributed by atoms with Crippen LogP contribution >= 0.6 is 11.6 Å². The fourth-order valence-electron chi connectivity index (χ4n) is 3.55. The molecule has 156 valence electrons. The molecule has 2 aromatic rings. The number of halogens is 1. The summed E-state index contributed by atoms with van der Waals surface area (Å²) in [5.41, 5.74) is 1.17. The number of nitrogens with zero attached hydrogens (tertiary/aromatic N) is 1. The summed E-state index contributed by atoms with van der Waals surface area (Å²) in [5.74, 6) is -0.0745. The molecule has 1 fully saturated rings. The molecule has 1 aliphatic carbocycles. The van der Waals surface area contributed by atoms with E-state index in [1.54, 1.807) is 25.2 Å². The first-order valence-corrected chi connectivity index (χ1v) is 11.4. The average Bonchev–Trinajstić information content (AvgIpc) is 3.19. The highest BCUT2D eigenvalue weighted by Gasteiger charge is 2.27. The molecule has 1 aliphatic rings. The van der Waals surface area contributed by atoms with Gasteiger partial charge in [0.2, 0.25) is 10.0 Å². The fourth-order valence-corrected chi connectivity index (χ4v) is 5.26. The zero-order valence-electron chi connectivity index (χ0n) is 16.5. The molecule has 1 amide bonds. The van der Waals surface area contributed by atoms with E-state index in [0.717, 1.165) is 31.2 Å². The van der Waals surface area contributed by atoms with Crippen LogP contribution in [-0.4, -0.2) is 39.4 Å². The van der Waals surface area contributed by atoms with E-state index in [-0.39, 0.29) is 28.2 Å². The summed E-state index contributed by atoms with van der Waals surface area (Å²) in [6.07, 6.45) is 3.67. The first-order valence-electron chi connectivity index (χ1n) is 9.50. The summed E-state index contributed by atoms with van der Waals surface area (Å²) in [6, 6.07) is 11.7. The van der Waals surface area contributed by atoms with Crippen LogP contribution in [0.5, 0.6) is 5.75 Å². The maximum atomic E-state index is 12.9. The van der Waals surface area contributed by atoms with Crippen molar-refractivity contribution in [2.45, 2.75) is 43.2 Å². The van der Waals surface area contributed by atoms with Crippen LogP contribution in [0.25, 0.3) is 0 Å². The third kappa shape index (κ3) is 5.29. The number of benzene rings is 2. The van der Waals surface area contributed by atoms with Gasteiger partial charge in [0, 0.05) is 30.2 Å².